The molecule has 1 aliphatic carbocycles. The van der Waals surface area contributed by atoms with Gasteiger partial charge in [-0.2, -0.15) is 0 Å². The largest absolute Gasteiger partial charge is 0.497 e. The fraction of sp³-hybridized carbons (Fsp3) is 0.429. The molecule has 0 bridgehead atoms. The number of nitrogens with zero attached hydrogens (tertiary/aromatic N) is 2. The number of hydrogen-bond acceptors (Lipinski definition) is 5. The number of likely N-dealkylation sites (N-methyl/N-ethyl adjacent to an activating group) is 1. The third kappa shape index (κ3) is 4.64. The molecule has 3 rings (SSSR count). The Kier molecular flexibility index (Phi) is 6.31. The molecule has 1 aromatic carbocycles. The monoisotopic (exact) mass is 399 g/mol. The van der Waals surface area contributed by atoms with Crippen molar-refractivity contribution in [1.82, 2.24) is 9.80 Å². The molecular formula is C21H25N3O5. The summed E-state index contributed by atoms with van der Waals surface area (Å²) in [5.74, 6) is -0.947. The molecule has 8 heteroatoms. The first kappa shape index (κ1) is 20.6. The van der Waals surface area contributed by atoms with Crippen LogP contribution in [0.25, 0.3) is 0 Å². The van der Waals surface area contributed by atoms with Crippen LogP contribution in [0.5, 0.6) is 5.75 Å². The summed E-state index contributed by atoms with van der Waals surface area (Å²) in [6.07, 6.45) is 5.00. The van der Waals surface area contributed by atoms with Gasteiger partial charge in [0.2, 0.25) is 23.6 Å². The Morgan fingerprint density at radius 1 is 1.10 bits per heavy atom. The van der Waals surface area contributed by atoms with Gasteiger partial charge < -0.3 is 15.0 Å². The molecule has 0 spiro atoms. The zero-order chi connectivity index (χ0) is 21.0. The molecule has 2 aliphatic rings. The molecular weight excluding hydrogens is 374 g/mol. The van der Waals surface area contributed by atoms with Crippen molar-refractivity contribution in [3.8, 4) is 5.75 Å². The normalized spacial score (nSPS) is 20.4. The molecule has 0 radical (unpaired) electrons. The molecule has 0 aromatic heterocycles. The molecule has 2 atom stereocenters. The van der Waals surface area contributed by atoms with E-state index < -0.39 is 0 Å². The summed E-state index contributed by atoms with van der Waals surface area (Å²) in [5.41, 5.74) is 0.598. The summed E-state index contributed by atoms with van der Waals surface area (Å²) in [6.45, 7) is -0.0735. The number of hydrogen-bond donors (Lipinski definition) is 1. The highest BCUT2D eigenvalue weighted by Gasteiger charge is 2.46. The van der Waals surface area contributed by atoms with Gasteiger partial charge in [0.15, 0.2) is 0 Å². The van der Waals surface area contributed by atoms with E-state index in [1.54, 1.807) is 31.4 Å². The Morgan fingerprint density at radius 3 is 2.24 bits per heavy atom. The summed E-state index contributed by atoms with van der Waals surface area (Å²) in [7, 11) is 3.08. The van der Waals surface area contributed by atoms with Gasteiger partial charge in [-0.05, 0) is 37.1 Å². The average molecular weight is 399 g/mol. The molecule has 4 amide bonds. The Morgan fingerprint density at radius 2 is 1.69 bits per heavy atom. The Hall–Kier alpha value is -3.16. The van der Waals surface area contributed by atoms with Crippen LogP contribution < -0.4 is 10.1 Å². The highest BCUT2D eigenvalue weighted by molar-refractivity contribution is 6.05. The van der Waals surface area contributed by atoms with Gasteiger partial charge in [0.25, 0.3) is 0 Å². The molecule has 1 aromatic rings. The molecule has 1 fully saturated rings. The van der Waals surface area contributed by atoms with E-state index in [4.69, 9.17) is 4.74 Å². The predicted octanol–water partition coefficient (Wildman–Crippen LogP) is 1.43. The molecule has 8 nitrogen and oxygen atoms in total. The van der Waals surface area contributed by atoms with Gasteiger partial charge >= 0.3 is 0 Å². The second-order valence-electron chi connectivity index (χ2n) is 7.26. The fourth-order valence-corrected chi connectivity index (χ4v) is 3.67. The molecule has 0 unspecified atom stereocenters. The van der Waals surface area contributed by atoms with Crippen LogP contribution >= 0.6 is 0 Å². The number of nitrogens with one attached hydrogen (secondary N) is 1. The first-order valence-electron chi connectivity index (χ1n) is 9.58. The molecule has 154 valence electrons. The SMILES string of the molecule is COc1ccc(NC(=O)CN(C)C(=O)CCN2C(=O)[C@@H]3CC=CC[C@H]3C2=O)cc1. The Labute approximate surface area is 169 Å². The summed E-state index contributed by atoms with van der Waals surface area (Å²) in [4.78, 5) is 51.9. The van der Waals surface area contributed by atoms with Crippen LogP contribution in [0.4, 0.5) is 5.69 Å². The maximum atomic E-state index is 12.4. The molecule has 1 saturated heterocycles. The van der Waals surface area contributed by atoms with Crippen molar-refractivity contribution in [2.75, 3.05) is 32.6 Å². The van der Waals surface area contributed by atoms with Gasteiger partial charge in [-0.25, -0.2) is 0 Å². The second-order valence-corrected chi connectivity index (χ2v) is 7.26. The van der Waals surface area contributed by atoms with E-state index in [1.807, 2.05) is 12.2 Å². The third-order valence-electron chi connectivity index (χ3n) is 5.33. The van der Waals surface area contributed by atoms with Gasteiger partial charge in [0.05, 0.1) is 25.5 Å². The number of imide groups is 1. The number of allylic oxidation sites excluding steroid dienone is 2. The van der Waals surface area contributed by atoms with Crippen LogP contribution in [0.2, 0.25) is 0 Å². The van der Waals surface area contributed by atoms with E-state index in [-0.39, 0.29) is 55.0 Å². The minimum absolute atomic E-state index is 0.00331. The van der Waals surface area contributed by atoms with Crippen molar-refractivity contribution in [3.63, 3.8) is 0 Å². The highest BCUT2D eigenvalue weighted by atomic mass is 16.5. The lowest BCUT2D eigenvalue weighted by Gasteiger charge is -2.19. The number of methoxy groups -OCH3 is 1. The molecule has 1 aliphatic heterocycles. The van der Waals surface area contributed by atoms with E-state index in [0.29, 0.717) is 24.3 Å². The number of anilines is 1. The van der Waals surface area contributed by atoms with Crippen LogP contribution in [0.1, 0.15) is 19.3 Å². The third-order valence-corrected chi connectivity index (χ3v) is 5.33. The number of ether oxygens (including phenoxy) is 1. The van der Waals surface area contributed by atoms with Gasteiger partial charge in [0, 0.05) is 25.7 Å². The smallest absolute Gasteiger partial charge is 0.243 e. The van der Waals surface area contributed by atoms with Crippen LogP contribution in [0.15, 0.2) is 36.4 Å². The van der Waals surface area contributed by atoms with Crippen molar-refractivity contribution >= 4 is 29.3 Å². The van der Waals surface area contributed by atoms with Gasteiger partial charge in [-0.15, -0.1) is 0 Å². The minimum Gasteiger partial charge on any atom is -0.497 e. The number of amides is 4. The average Bonchev–Trinajstić information content (AvgIpc) is 2.97. The lowest BCUT2D eigenvalue weighted by Crippen LogP contribution is -2.38. The van der Waals surface area contributed by atoms with Gasteiger partial charge in [0.1, 0.15) is 5.75 Å². The maximum Gasteiger partial charge on any atom is 0.243 e. The molecule has 1 heterocycles. The zero-order valence-corrected chi connectivity index (χ0v) is 16.6. The summed E-state index contributed by atoms with van der Waals surface area (Å²) in [6, 6.07) is 6.86. The first-order valence-corrected chi connectivity index (χ1v) is 9.58. The summed E-state index contributed by atoms with van der Waals surface area (Å²) < 4.78 is 5.06. The van der Waals surface area contributed by atoms with Gasteiger partial charge in [-0.1, -0.05) is 12.2 Å². The number of likely N-dealkylation sites (tertiary alicyclic amines) is 1. The van der Waals surface area contributed by atoms with Crippen LogP contribution in [-0.4, -0.2) is 60.7 Å². The van der Waals surface area contributed by atoms with E-state index in [2.05, 4.69) is 5.32 Å². The van der Waals surface area contributed by atoms with Crippen molar-refractivity contribution in [2.24, 2.45) is 11.8 Å². The standard InChI is InChI=1S/C21H25N3O5/c1-23(13-18(25)22-14-7-9-15(29-2)10-8-14)19(26)11-12-24-20(27)16-5-3-4-6-17(16)21(24)28/h3-4,7-10,16-17H,5-6,11-13H2,1-2H3,(H,22,25)/t16-,17-/m1/s1. The molecule has 0 saturated carbocycles. The van der Waals surface area contributed by atoms with Crippen LogP contribution in [0, 0.1) is 11.8 Å². The topological polar surface area (TPSA) is 96.0 Å². The van der Waals surface area contributed by atoms with Crippen LogP contribution in [-0.2, 0) is 19.2 Å². The first-order chi connectivity index (χ1) is 13.9. The van der Waals surface area contributed by atoms with Gasteiger partial charge in [-0.3, -0.25) is 24.1 Å². The Balaban J connectivity index is 1.47. The van der Waals surface area contributed by atoms with Crippen molar-refractivity contribution < 1.29 is 23.9 Å². The van der Waals surface area contributed by atoms with Crippen molar-refractivity contribution in [3.05, 3.63) is 36.4 Å². The number of benzene rings is 1. The van der Waals surface area contributed by atoms with E-state index in [9.17, 15) is 19.2 Å². The lowest BCUT2D eigenvalue weighted by molar-refractivity contribution is -0.141. The van der Waals surface area contributed by atoms with E-state index >= 15 is 0 Å². The van der Waals surface area contributed by atoms with Crippen molar-refractivity contribution in [1.29, 1.82) is 0 Å². The lowest BCUT2D eigenvalue weighted by atomic mass is 9.85. The quantitative estimate of drug-likeness (QED) is 0.553. The molecule has 1 N–H and O–H groups in total. The second kappa shape index (κ2) is 8.89. The predicted molar refractivity (Wildman–Crippen MR) is 106 cm³/mol. The number of rotatable bonds is 7. The van der Waals surface area contributed by atoms with E-state index in [1.165, 1.54) is 16.8 Å². The van der Waals surface area contributed by atoms with Crippen molar-refractivity contribution in [2.45, 2.75) is 19.3 Å². The number of carbonyl (C=O) groups excluding carboxylic acids is 4. The number of fused-ring (bicyclic) bond motifs is 1. The fourth-order valence-electron chi connectivity index (χ4n) is 3.67. The molecule has 29 heavy (non-hydrogen) atoms. The maximum absolute atomic E-state index is 12.4. The summed E-state index contributed by atoms with van der Waals surface area (Å²) in [5, 5.41) is 2.71. The van der Waals surface area contributed by atoms with Crippen LogP contribution in [0.3, 0.4) is 0 Å². The zero-order valence-electron chi connectivity index (χ0n) is 16.6. The highest BCUT2D eigenvalue weighted by Crippen LogP contribution is 2.35. The number of carbonyl (C=O) groups is 4. The minimum atomic E-state index is -0.337. The van der Waals surface area contributed by atoms with E-state index in [0.717, 1.165) is 0 Å². The Bertz CT molecular complexity index is 807. The summed E-state index contributed by atoms with van der Waals surface area (Å²) >= 11 is 0.